The summed E-state index contributed by atoms with van der Waals surface area (Å²) >= 11 is 5.07. The van der Waals surface area contributed by atoms with Gasteiger partial charge in [0.2, 0.25) is 0 Å². The average Bonchev–Trinajstić information content (AvgIpc) is 3.05. The van der Waals surface area contributed by atoms with Crippen LogP contribution in [0.5, 0.6) is 0 Å². The molecule has 1 N–H and O–H groups in total. The van der Waals surface area contributed by atoms with E-state index in [9.17, 15) is 4.79 Å². The highest BCUT2D eigenvalue weighted by molar-refractivity contribution is 9.11. The average molecular weight is 349 g/mol. The summed E-state index contributed by atoms with van der Waals surface area (Å²) in [5.41, 5.74) is 2.83. The van der Waals surface area contributed by atoms with Crippen molar-refractivity contribution in [2.24, 2.45) is 0 Å². The molecule has 5 heteroatoms. The zero-order valence-corrected chi connectivity index (χ0v) is 13.3. The maximum absolute atomic E-state index is 12.4. The summed E-state index contributed by atoms with van der Waals surface area (Å²) in [6.45, 7) is 0.615. The van der Waals surface area contributed by atoms with Gasteiger partial charge in [-0.2, -0.15) is 0 Å². The molecule has 0 bridgehead atoms. The summed E-state index contributed by atoms with van der Waals surface area (Å²) in [6, 6.07) is 9.78. The summed E-state index contributed by atoms with van der Waals surface area (Å²) in [7, 11) is 1.83. The highest BCUT2D eigenvalue weighted by Crippen LogP contribution is 2.22. The van der Waals surface area contributed by atoms with Gasteiger partial charge < -0.3 is 9.88 Å². The van der Waals surface area contributed by atoms with E-state index < -0.39 is 0 Å². The van der Waals surface area contributed by atoms with Gasteiger partial charge in [0.15, 0.2) is 0 Å². The number of aromatic amines is 1. The summed E-state index contributed by atoms with van der Waals surface area (Å²) < 4.78 is 1.08. The van der Waals surface area contributed by atoms with Crippen LogP contribution < -0.4 is 0 Å². The minimum Gasteiger partial charge on any atom is -0.361 e. The largest absolute Gasteiger partial charge is 0.361 e. The molecule has 0 saturated carbocycles. The van der Waals surface area contributed by atoms with Crippen LogP contribution >= 0.6 is 27.3 Å². The molecule has 1 amide bonds. The van der Waals surface area contributed by atoms with Crippen LogP contribution in [0.25, 0.3) is 10.9 Å². The van der Waals surface area contributed by atoms with E-state index in [-0.39, 0.29) is 5.91 Å². The Bertz CT molecular complexity index is 762. The first-order valence-electron chi connectivity index (χ1n) is 6.19. The SMILES string of the molecule is CN(Cc1csc(Br)c1)C(=O)c1ccc2cc[nH]c2c1. The van der Waals surface area contributed by atoms with E-state index in [0.717, 1.165) is 20.3 Å². The number of nitrogens with one attached hydrogen (secondary N) is 1. The van der Waals surface area contributed by atoms with Crippen LogP contribution in [-0.4, -0.2) is 22.8 Å². The maximum atomic E-state index is 12.4. The number of amides is 1. The molecule has 20 heavy (non-hydrogen) atoms. The van der Waals surface area contributed by atoms with Gasteiger partial charge in [0.25, 0.3) is 5.91 Å². The minimum atomic E-state index is 0.0313. The Hall–Kier alpha value is -1.59. The topological polar surface area (TPSA) is 36.1 Å². The Morgan fingerprint density at radius 2 is 2.20 bits per heavy atom. The molecule has 1 aromatic carbocycles. The molecular formula is C15H13BrN2OS. The molecule has 3 aromatic rings. The molecule has 3 nitrogen and oxygen atoms in total. The van der Waals surface area contributed by atoms with Crippen molar-refractivity contribution in [3.63, 3.8) is 0 Å². The van der Waals surface area contributed by atoms with Gasteiger partial charge in [-0.05, 0) is 56.5 Å². The molecular weight excluding hydrogens is 336 g/mol. The molecule has 3 rings (SSSR count). The van der Waals surface area contributed by atoms with Crippen LogP contribution in [0.3, 0.4) is 0 Å². The van der Waals surface area contributed by atoms with Crippen LogP contribution in [0.2, 0.25) is 0 Å². The number of H-pyrrole nitrogens is 1. The van der Waals surface area contributed by atoms with E-state index >= 15 is 0 Å². The number of rotatable bonds is 3. The molecule has 0 fully saturated rings. The number of benzene rings is 1. The van der Waals surface area contributed by atoms with E-state index in [1.807, 2.05) is 43.6 Å². The number of hydrogen-bond acceptors (Lipinski definition) is 2. The maximum Gasteiger partial charge on any atom is 0.253 e. The van der Waals surface area contributed by atoms with Crippen molar-refractivity contribution >= 4 is 44.1 Å². The first-order valence-corrected chi connectivity index (χ1v) is 7.86. The number of nitrogens with zero attached hydrogens (tertiary/aromatic N) is 1. The highest BCUT2D eigenvalue weighted by atomic mass is 79.9. The van der Waals surface area contributed by atoms with Gasteiger partial charge in [-0.1, -0.05) is 6.07 Å². The predicted molar refractivity (Wildman–Crippen MR) is 86.1 cm³/mol. The number of hydrogen-bond donors (Lipinski definition) is 1. The third kappa shape index (κ3) is 2.64. The Labute approximate surface area is 129 Å². The zero-order valence-electron chi connectivity index (χ0n) is 10.9. The van der Waals surface area contributed by atoms with Crippen molar-refractivity contribution in [2.75, 3.05) is 7.05 Å². The number of carbonyl (C=O) groups excluding carboxylic acids is 1. The van der Waals surface area contributed by atoms with Gasteiger partial charge in [0.1, 0.15) is 0 Å². The van der Waals surface area contributed by atoms with Crippen LogP contribution in [0.15, 0.2) is 45.7 Å². The lowest BCUT2D eigenvalue weighted by Crippen LogP contribution is -2.25. The molecule has 2 aromatic heterocycles. The summed E-state index contributed by atoms with van der Waals surface area (Å²) in [5.74, 6) is 0.0313. The quantitative estimate of drug-likeness (QED) is 0.753. The zero-order chi connectivity index (χ0) is 14.1. The van der Waals surface area contributed by atoms with Crippen LogP contribution in [0.4, 0.5) is 0 Å². The molecule has 0 unspecified atom stereocenters. The van der Waals surface area contributed by atoms with Crippen molar-refractivity contribution in [1.82, 2.24) is 9.88 Å². The smallest absolute Gasteiger partial charge is 0.253 e. The molecule has 0 radical (unpaired) electrons. The van der Waals surface area contributed by atoms with Gasteiger partial charge in [-0.3, -0.25) is 4.79 Å². The highest BCUT2D eigenvalue weighted by Gasteiger charge is 2.13. The van der Waals surface area contributed by atoms with Crippen molar-refractivity contribution in [3.8, 4) is 0 Å². The molecule has 2 heterocycles. The number of thiophene rings is 1. The van der Waals surface area contributed by atoms with Crippen molar-refractivity contribution in [3.05, 3.63) is 56.8 Å². The van der Waals surface area contributed by atoms with Crippen LogP contribution in [-0.2, 0) is 6.54 Å². The van der Waals surface area contributed by atoms with Crippen molar-refractivity contribution in [1.29, 1.82) is 0 Å². The molecule has 0 aliphatic heterocycles. The van der Waals surface area contributed by atoms with E-state index in [4.69, 9.17) is 0 Å². The lowest BCUT2D eigenvalue weighted by Gasteiger charge is -2.16. The summed E-state index contributed by atoms with van der Waals surface area (Å²) in [5, 5.41) is 3.17. The number of halogens is 1. The minimum absolute atomic E-state index is 0.0313. The van der Waals surface area contributed by atoms with Gasteiger partial charge in [-0.15, -0.1) is 11.3 Å². The molecule has 102 valence electrons. The third-order valence-corrected chi connectivity index (χ3v) is 4.74. The molecule has 0 saturated heterocycles. The standard InChI is InChI=1S/C15H13BrN2OS/c1-18(8-10-6-14(16)20-9-10)15(19)12-3-2-11-4-5-17-13(11)7-12/h2-7,9,17H,8H2,1H3. The summed E-state index contributed by atoms with van der Waals surface area (Å²) in [6.07, 6.45) is 1.88. The second-order valence-corrected chi connectivity index (χ2v) is 6.99. The Kier molecular flexibility index (Phi) is 3.63. The lowest BCUT2D eigenvalue weighted by molar-refractivity contribution is 0.0785. The lowest BCUT2D eigenvalue weighted by atomic mass is 10.1. The van der Waals surface area contributed by atoms with Gasteiger partial charge >= 0.3 is 0 Å². The van der Waals surface area contributed by atoms with Gasteiger partial charge in [-0.25, -0.2) is 0 Å². The fourth-order valence-corrected chi connectivity index (χ4v) is 3.38. The Morgan fingerprint density at radius 1 is 1.35 bits per heavy atom. The van der Waals surface area contributed by atoms with Crippen LogP contribution in [0.1, 0.15) is 15.9 Å². The van der Waals surface area contributed by atoms with E-state index in [1.54, 1.807) is 16.2 Å². The number of carbonyl (C=O) groups is 1. The molecule has 0 spiro atoms. The van der Waals surface area contributed by atoms with Crippen LogP contribution in [0, 0.1) is 0 Å². The van der Waals surface area contributed by atoms with Crippen molar-refractivity contribution < 1.29 is 4.79 Å². The van der Waals surface area contributed by atoms with Gasteiger partial charge in [0.05, 0.1) is 3.79 Å². The third-order valence-electron chi connectivity index (χ3n) is 3.19. The van der Waals surface area contributed by atoms with Gasteiger partial charge in [0, 0.05) is 30.9 Å². The second-order valence-electron chi connectivity index (χ2n) is 4.70. The first-order chi connectivity index (χ1) is 9.63. The fourth-order valence-electron chi connectivity index (χ4n) is 2.18. The molecule has 0 atom stereocenters. The fraction of sp³-hybridized carbons (Fsp3) is 0.133. The number of fused-ring (bicyclic) bond motifs is 1. The first kappa shape index (κ1) is 13.4. The van der Waals surface area contributed by atoms with E-state index in [0.29, 0.717) is 12.1 Å². The molecule has 0 aliphatic rings. The normalized spacial score (nSPS) is 10.9. The summed E-state index contributed by atoms with van der Waals surface area (Å²) in [4.78, 5) is 17.3. The van der Waals surface area contributed by atoms with E-state index in [2.05, 4.69) is 26.3 Å². The number of aromatic nitrogens is 1. The Morgan fingerprint density at radius 3 is 2.95 bits per heavy atom. The molecule has 0 aliphatic carbocycles. The Balaban J connectivity index is 1.80. The monoisotopic (exact) mass is 348 g/mol. The van der Waals surface area contributed by atoms with Crippen molar-refractivity contribution in [2.45, 2.75) is 6.54 Å². The second kappa shape index (κ2) is 5.42. The van der Waals surface area contributed by atoms with E-state index in [1.165, 1.54) is 0 Å². The predicted octanol–water partition coefficient (Wildman–Crippen LogP) is 4.26.